The van der Waals surface area contributed by atoms with Gasteiger partial charge in [-0.15, -0.1) is 0 Å². The van der Waals surface area contributed by atoms with Gasteiger partial charge in [0.2, 0.25) is 0 Å². The number of halogens is 3. The summed E-state index contributed by atoms with van der Waals surface area (Å²) in [5.41, 5.74) is 2.58. The highest BCUT2D eigenvalue weighted by Gasteiger charge is 2.31. The van der Waals surface area contributed by atoms with E-state index in [-0.39, 0.29) is 11.8 Å². The van der Waals surface area contributed by atoms with Crippen molar-refractivity contribution in [2.75, 3.05) is 13.6 Å². The van der Waals surface area contributed by atoms with Crippen LogP contribution in [0.1, 0.15) is 38.3 Å². The quantitative estimate of drug-likeness (QED) is 0.797. The molecule has 1 aliphatic rings. The van der Waals surface area contributed by atoms with Crippen molar-refractivity contribution in [1.29, 1.82) is 0 Å². The number of phenolic OH excluding ortho intramolecular Hbond substituents is 1. The molecule has 0 spiro atoms. The fourth-order valence-corrected chi connectivity index (χ4v) is 2.86. The Morgan fingerprint density at radius 3 is 2.43 bits per heavy atom. The van der Waals surface area contributed by atoms with Gasteiger partial charge in [0.1, 0.15) is 5.75 Å². The Kier molecular flexibility index (Phi) is 4.90. The third-order valence-electron chi connectivity index (χ3n) is 4.73. The third-order valence-corrected chi connectivity index (χ3v) is 4.73. The average Bonchev–Trinajstić information content (AvgIpc) is 2.48. The highest BCUT2D eigenvalue weighted by atomic mass is 19.4. The number of nitrogens with zero attached hydrogens (tertiary/aromatic N) is 1. The summed E-state index contributed by atoms with van der Waals surface area (Å²) in [7, 11) is 2.05. The molecule has 1 aliphatic heterocycles. The predicted octanol–water partition coefficient (Wildman–Crippen LogP) is 4.85. The van der Waals surface area contributed by atoms with Gasteiger partial charge in [0, 0.05) is 18.2 Å². The summed E-state index contributed by atoms with van der Waals surface area (Å²) in [6, 6.07) is 3.42. The Hall–Kier alpha value is -1.75. The van der Waals surface area contributed by atoms with Crippen molar-refractivity contribution in [2.24, 2.45) is 0 Å². The van der Waals surface area contributed by atoms with Crippen LogP contribution in [0.25, 0.3) is 5.57 Å². The molecular weight excluding hydrogens is 303 g/mol. The minimum atomic E-state index is -4.46. The van der Waals surface area contributed by atoms with Crippen LogP contribution in [-0.4, -0.2) is 29.6 Å². The molecule has 0 bridgehead atoms. The van der Waals surface area contributed by atoms with Crippen LogP contribution in [-0.2, 0) is 6.18 Å². The van der Waals surface area contributed by atoms with Crippen LogP contribution in [0.5, 0.6) is 5.75 Å². The summed E-state index contributed by atoms with van der Waals surface area (Å²) in [5.74, 6) is -0.334. The molecule has 1 atom stereocenters. The van der Waals surface area contributed by atoms with E-state index in [9.17, 15) is 18.3 Å². The second-order valence-corrected chi connectivity index (χ2v) is 6.10. The first-order chi connectivity index (χ1) is 10.6. The molecule has 0 aromatic heterocycles. The van der Waals surface area contributed by atoms with Crippen LogP contribution < -0.4 is 0 Å². The van der Waals surface area contributed by atoms with E-state index in [0.29, 0.717) is 5.56 Å². The molecule has 0 saturated heterocycles. The molecule has 0 amide bonds. The van der Waals surface area contributed by atoms with Crippen LogP contribution >= 0.6 is 0 Å². The number of benzene rings is 1. The van der Waals surface area contributed by atoms with Gasteiger partial charge in [-0.1, -0.05) is 17.7 Å². The molecule has 0 fully saturated rings. The predicted molar refractivity (Wildman–Crippen MR) is 86.2 cm³/mol. The minimum absolute atomic E-state index is 0.246. The highest BCUT2D eigenvalue weighted by molar-refractivity contribution is 5.82. The Morgan fingerprint density at radius 2 is 1.87 bits per heavy atom. The van der Waals surface area contributed by atoms with Crippen molar-refractivity contribution in [1.82, 2.24) is 4.90 Å². The number of hydrogen-bond donors (Lipinski definition) is 1. The molecule has 2 rings (SSSR count). The monoisotopic (exact) mass is 325 g/mol. The average molecular weight is 325 g/mol. The summed E-state index contributed by atoms with van der Waals surface area (Å²) in [6.07, 6.45) is -1.69. The first kappa shape index (κ1) is 17.6. The van der Waals surface area contributed by atoms with E-state index in [4.69, 9.17) is 0 Å². The first-order valence-corrected chi connectivity index (χ1v) is 7.61. The zero-order chi connectivity index (χ0) is 17.4. The van der Waals surface area contributed by atoms with Crippen molar-refractivity contribution in [3.63, 3.8) is 0 Å². The molecule has 1 N–H and O–H groups in total. The molecule has 1 aromatic rings. The number of alkyl halides is 3. The third kappa shape index (κ3) is 3.61. The minimum Gasteiger partial charge on any atom is -0.507 e. The van der Waals surface area contributed by atoms with Crippen molar-refractivity contribution >= 4 is 5.57 Å². The van der Waals surface area contributed by atoms with Gasteiger partial charge in [-0.05, 0) is 57.5 Å². The number of hydrogen-bond acceptors (Lipinski definition) is 2. The molecule has 1 unspecified atom stereocenters. The van der Waals surface area contributed by atoms with Gasteiger partial charge in [0.05, 0.1) is 5.56 Å². The van der Waals surface area contributed by atoms with Crippen LogP contribution in [0.15, 0.2) is 35.4 Å². The zero-order valence-electron chi connectivity index (χ0n) is 13.8. The van der Waals surface area contributed by atoms with Gasteiger partial charge in [0.15, 0.2) is 0 Å². The molecule has 1 aromatic carbocycles. The molecular formula is C18H22F3NO. The maximum absolute atomic E-state index is 12.8. The SMILES string of the molecule is CC1=C(C)C(C)N(C)CCC=C1c1ccc(C(F)(F)F)cc1O. The van der Waals surface area contributed by atoms with E-state index < -0.39 is 11.7 Å². The van der Waals surface area contributed by atoms with Gasteiger partial charge in [0.25, 0.3) is 0 Å². The molecule has 126 valence electrons. The topological polar surface area (TPSA) is 23.5 Å². The van der Waals surface area contributed by atoms with E-state index >= 15 is 0 Å². The number of likely N-dealkylation sites (N-methyl/N-ethyl adjacent to an activating group) is 1. The maximum atomic E-state index is 12.8. The number of rotatable bonds is 1. The van der Waals surface area contributed by atoms with Crippen molar-refractivity contribution < 1.29 is 18.3 Å². The zero-order valence-corrected chi connectivity index (χ0v) is 13.8. The van der Waals surface area contributed by atoms with Crippen LogP contribution in [0.2, 0.25) is 0 Å². The van der Waals surface area contributed by atoms with Gasteiger partial charge >= 0.3 is 6.18 Å². The summed E-state index contributed by atoms with van der Waals surface area (Å²) in [6.45, 7) is 6.94. The standard InChI is InChI=1S/C18H22F3NO/c1-11-12(2)15(6-5-9-22(4)13(11)3)16-8-7-14(10-17(16)23)18(19,20)21/h6-8,10,13,23H,5,9H2,1-4H3. The van der Waals surface area contributed by atoms with Gasteiger partial charge < -0.3 is 5.11 Å². The second-order valence-electron chi connectivity index (χ2n) is 6.10. The molecule has 0 saturated carbocycles. The molecule has 0 aliphatic carbocycles. The first-order valence-electron chi connectivity index (χ1n) is 7.61. The van der Waals surface area contributed by atoms with Crippen LogP contribution in [0.3, 0.4) is 0 Å². The highest BCUT2D eigenvalue weighted by Crippen LogP contribution is 2.38. The van der Waals surface area contributed by atoms with Crippen molar-refractivity contribution in [3.05, 3.63) is 46.5 Å². The molecule has 5 heteroatoms. The number of phenols is 1. The fraction of sp³-hybridized carbons (Fsp3) is 0.444. The van der Waals surface area contributed by atoms with E-state index in [2.05, 4.69) is 18.9 Å². The summed E-state index contributed by atoms with van der Waals surface area (Å²) < 4.78 is 38.3. The summed E-state index contributed by atoms with van der Waals surface area (Å²) in [5, 5.41) is 10.1. The summed E-state index contributed by atoms with van der Waals surface area (Å²) >= 11 is 0. The van der Waals surface area contributed by atoms with Crippen molar-refractivity contribution in [2.45, 2.75) is 39.4 Å². The second kappa shape index (κ2) is 6.40. The van der Waals surface area contributed by atoms with Gasteiger partial charge in [-0.3, -0.25) is 4.90 Å². The molecule has 0 radical (unpaired) electrons. The normalized spacial score (nSPS) is 21.0. The van der Waals surface area contributed by atoms with E-state index in [1.165, 1.54) is 6.07 Å². The van der Waals surface area contributed by atoms with E-state index in [1.807, 2.05) is 19.9 Å². The lowest BCUT2D eigenvalue weighted by Crippen LogP contribution is -2.32. The lowest BCUT2D eigenvalue weighted by molar-refractivity contribution is -0.137. The van der Waals surface area contributed by atoms with Crippen molar-refractivity contribution in [3.8, 4) is 5.75 Å². The van der Waals surface area contributed by atoms with E-state index in [1.54, 1.807) is 0 Å². The Labute approximate surface area is 134 Å². The Balaban J connectivity index is 2.50. The molecule has 23 heavy (non-hydrogen) atoms. The van der Waals surface area contributed by atoms with Crippen LogP contribution in [0, 0.1) is 0 Å². The smallest absolute Gasteiger partial charge is 0.416 e. The fourth-order valence-electron chi connectivity index (χ4n) is 2.86. The maximum Gasteiger partial charge on any atom is 0.416 e. The summed E-state index contributed by atoms with van der Waals surface area (Å²) in [4.78, 5) is 2.23. The number of allylic oxidation sites excluding steroid dienone is 2. The Morgan fingerprint density at radius 1 is 1.22 bits per heavy atom. The van der Waals surface area contributed by atoms with Gasteiger partial charge in [-0.25, -0.2) is 0 Å². The van der Waals surface area contributed by atoms with E-state index in [0.717, 1.165) is 41.8 Å². The van der Waals surface area contributed by atoms with Gasteiger partial charge in [-0.2, -0.15) is 13.2 Å². The molecule has 1 heterocycles. The lowest BCUT2D eigenvalue weighted by Gasteiger charge is -2.29. The lowest BCUT2D eigenvalue weighted by atomic mass is 9.89. The largest absolute Gasteiger partial charge is 0.507 e. The Bertz CT molecular complexity index is 659. The number of aromatic hydroxyl groups is 1. The van der Waals surface area contributed by atoms with Crippen LogP contribution in [0.4, 0.5) is 13.2 Å². The molecule has 2 nitrogen and oxygen atoms in total.